The Bertz CT molecular complexity index is 668. The van der Waals surface area contributed by atoms with Crippen molar-refractivity contribution in [3.05, 3.63) is 59.4 Å². The largest absolute Gasteiger partial charge is 0.417 e. The molecule has 0 bridgehead atoms. The standard InChI is InChI=1S/C15H9F4N/c16-14-4-2-1-3-12(14)11-6-5-10(7-8-20)9-13(11)15(17,18)19/h1-6,9H,7H2. The van der Waals surface area contributed by atoms with Gasteiger partial charge < -0.3 is 0 Å². The van der Waals surface area contributed by atoms with E-state index in [-0.39, 0.29) is 23.1 Å². The molecular weight excluding hydrogens is 270 g/mol. The Kier molecular flexibility index (Phi) is 3.75. The summed E-state index contributed by atoms with van der Waals surface area (Å²) < 4.78 is 52.9. The zero-order valence-corrected chi connectivity index (χ0v) is 10.2. The molecule has 5 heteroatoms. The summed E-state index contributed by atoms with van der Waals surface area (Å²) >= 11 is 0. The predicted molar refractivity (Wildman–Crippen MR) is 66.2 cm³/mol. The van der Waals surface area contributed by atoms with Crippen LogP contribution in [-0.4, -0.2) is 0 Å². The summed E-state index contributed by atoms with van der Waals surface area (Å²) in [5.41, 5.74) is -1.02. The minimum absolute atomic E-state index is 0.108. The van der Waals surface area contributed by atoms with Crippen molar-refractivity contribution in [2.45, 2.75) is 12.6 Å². The third-order valence-electron chi connectivity index (χ3n) is 2.84. The van der Waals surface area contributed by atoms with Crippen LogP contribution in [0.4, 0.5) is 17.6 Å². The van der Waals surface area contributed by atoms with E-state index in [4.69, 9.17) is 5.26 Å². The highest BCUT2D eigenvalue weighted by Crippen LogP contribution is 2.38. The molecule has 0 amide bonds. The van der Waals surface area contributed by atoms with Crippen LogP contribution >= 0.6 is 0 Å². The average Bonchev–Trinajstić information content (AvgIpc) is 2.39. The van der Waals surface area contributed by atoms with Gasteiger partial charge in [0.05, 0.1) is 18.1 Å². The van der Waals surface area contributed by atoms with Crippen LogP contribution in [0.5, 0.6) is 0 Å². The van der Waals surface area contributed by atoms with Crippen molar-refractivity contribution in [2.24, 2.45) is 0 Å². The fourth-order valence-electron chi connectivity index (χ4n) is 1.94. The number of hydrogen-bond donors (Lipinski definition) is 0. The summed E-state index contributed by atoms with van der Waals surface area (Å²) in [5, 5.41) is 8.55. The molecule has 0 aromatic heterocycles. The number of halogens is 4. The number of benzene rings is 2. The van der Waals surface area contributed by atoms with Crippen molar-refractivity contribution in [2.75, 3.05) is 0 Å². The smallest absolute Gasteiger partial charge is 0.206 e. The molecular formula is C15H9F4N. The summed E-state index contributed by atoms with van der Waals surface area (Å²) in [6.07, 6.45) is -4.73. The Morgan fingerprint density at radius 3 is 2.30 bits per heavy atom. The maximum Gasteiger partial charge on any atom is 0.417 e. The highest BCUT2D eigenvalue weighted by atomic mass is 19.4. The number of hydrogen-bond acceptors (Lipinski definition) is 1. The van der Waals surface area contributed by atoms with Gasteiger partial charge in [-0.2, -0.15) is 18.4 Å². The summed E-state index contributed by atoms with van der Waals surface area (Å²) in [5.74, 6) is -0.717. The monoisotopic (exact) mass is 279 g/mol. The second-order valence-corrected chi connectivity index (χ2v) is 4.19. The van der Waals surface area contributed by atoms with Gasteiger partial charge in [-0.15, -0.1) is 0 Å². The average molecular weight is 279 g/mol. The quantitative estimate of drug-likeness (QED) is 0.738. The van der Waals surface area contributed by atoms with Crippen LogP contribution in [0.15, 0.2) is 42.5 Å². The fraction of sp³-hybridized carbons (Fsp3) is 0.133. The van der Waals surface area contributed by atoms with Crippen molar-refractivity contribution in [3.63, 3.8) is 0 Å². The molecule has 2 aromatic rings. The molecule has 1 nitrogen and oxygen atoms in total. The van der Waals surface area contributed by atoms with Gasteiger partial charge in [-0.05, 0) is 23.3 Å². The van der Waals surface area contributed by atoms with Crippen molar-refractivity contribution in [1.82, 2.24) is 0 Å². The minimum atomic E-state index is -4.61. The lowest BCUT2D eigenvalue weighted by atomic mass is 9.96. The summed E-state index contributed by atoms with van der Waals surface area (Å²) in [4.78, 5) is 0. The second kappa shape index (κ2) is 5.33. The van der Waals surface area contributed by atoms with Crippen LogP contribution in [0.3, 0.4) is 0 Å². The molecule has 0 radical (unpaired) electrons. The number of alkyl halides is 3. The summed E-state index contributed by atoms with van der Waals surface area (Å²) in [6, 6.07) is 10.6. The summed E-state index contributed by atoms with van der Waals surface area (Å²) in [6.45, 7) is 0. The molecule has 0 fully saturated rings. The van der Waals surface area contributed by atoms with Gasteiger partial charge in [-0.25, -0.2) is 4.39 Å². The topological polar surface area (TPSA) is 23.8 Å². The van der Waals surface area contributed by atoms with Crippen molar-refractivity contribution in [3.8, 4) is 17.2 Å². The van der Waals surface area contributed by atoms with Gasteiger partial charge in [0, 0.05) is 5.56 Å². The zero-order chi connectivity index (χ0) is 14.8. The van der Waals surface area contributed by atoms with Crippen LogP contribution in [0.1, 0.15) is 11.1 Å². The highest BCUT2D eigenvalue weighted by molar-refractivity contribution is 5.69. The van der Waals surface area contributed by atoms with E-state index in [0.717, 1.165) is 12.1 Å². The molecule has 0 aliphatic heterocycles. The Labute approximate surface area is 113 Å². The molecule has 0 atom stereocenters. The Morgan fingerprint density at radius 2 is 1.70 bits per heavy atom. The number of rotatable bonds is 2. The molecule has 0 N–H and O–H groups in total. The van der Waals surface area contributed by atoms with Crippen LogP contribution in [0.2, 0.25) is 0 Å². The zero-order valence-electron chi connectivity index (χ0n) is 10.2. The summed E-state index contributed by atoms with van der Waals surface area (Å²) in [7, 11) is 0. The lowest BCUT2D eigenvalue weighted by Crippen LogP contribution is -2.08. The normalized spacial score (nSPS) is 11.2. The molecule has 0 saturated heterocycles. The molecule has 20 heavy (non-hydrogen) atoms. The Hall–Kier alpha value is -2.35. The molecule has 0 spiro atoms. The maximum atomic E-state index is 13.7. The molecule has 2 rings (SSSR count). The van der Waals surface area contributed by atoms with Crippen molar-refractivity contribution in [1.29, 1.82) is 5.26 Å². The van der Waals surface area contributed by atoms with Crippen LogP contribution in [-0.2, 0) is 12.6 Å². The van der Waals surface area contributed by atoms with Crippen molar-refractivity contribution < 1.29 is 17.6 Å². The predicted octanol–water partition coefficient (Wildman–Crippen LogP) is 4.58. The van der Waals surface area contributed by atoms with Gasteiger partial charge in [0.1, 0.15) is 5.82 Å². The van der Waals surface area contributed by atoms with E-state index >= 15 is 0 Å². The molecule has 102 valence electrons. The lowest BCUT2D eigenvalue weighted by molar-refractivity contribution is -0.137. The molecule has 2 aromatic carbocycles. The fourth-order valence-corrected chi connectivity index (χ4v) is 1.94. The first-order valence-electron chi connectivity index (χ1n) is 5.75. The lowest BCUT2D eigenvalue weighted by Gasteiger charge is -2.14. The van der Waals surface area contributed by atoms with Gasteiger partial charge in [0.25, 0.3) is 0 Å². The molecule has 0 aliphatic rings. The molecule has 0 heterocycles. The van der Waals surface area contributed by atoms with Gasteiger partial charge in [0.2, 0.25) is 0 Å². The van der Waals surface area contributed by atoms with E-state index < -0.39 is 17.6 Å². The first-order chi connectivity index (χ1) is 9.43. The first-order valence-corrected chi connectivity index (χ1v) is 5.75. The van der Waals surface area contributed by atoms with E-state index in [9.17, 15) is 17.6 Å². The van der Waals surface area contributed by atoms with E-state index in [1.54, 1.807) is 6.07 Å². The third kappa shape index (κ3) is 2.80. The Balaban J connectivity index is 2.65. The van der Waals surface area contributed by atoms with Gasteiger partial charge in [0.15, 0.2) is 0 Å². The number of nitrogens with zero attached hydrogens (tertiary/aromatic N) is 1. The highest BCUT2D eigenvalue weighted by Gasteiger charge is 2.34. The molecule has 0 saturated carbocycles. The molecule has 0 aliphatic carbocycles. The van der Waals surface area contributed by atoms with E-state index in [0.29, 0.717) is 0 Å². The first kappa shape index (κ1) is 14.1. The number of nitriles is 1. The van der Waals surface area contributed by atoms with Crippen LogP contribution < -0.4 is 0 Å². The van der Waals surface area contributed by atoms with E-state index in [1.807, 2.05) is 0 Å². The van der Waals surface area contributed by atoms with Crippen LogP contribution in [0.25, 0.3) is 11.1 Å². The van der Waals surface area contributed by atoms with E-state index in [2.05, 4.69) is 0 Å². The molecule has 0 unspecified atom stereocenters. The van der Waals surface area contributed by atoms with E-state index in [1.165, 1.54) is 30.3 Å². The minimum Gasteiger partial charge on any atom is -0.206 e. The van der Waals surface area contributed by atoms with Gasteiger partial charge in [-0.3, -0.25) is 0 Å². The third-order valence-corrected chi connectivity index (χ3v) is 2.84. The van der Waals surface area contributed by atoms with Crippen molar-refractivity contribution >= 4 is 0 Å². The van der Waals surface area contributed by atoms with Crippen LogP contribution in [0, 0.1) is 17.1 Å². The van der Waals surface area contributed by atoms with Gasteiger partial charge in [-0.1, -0.05) is 30.3 Å². The maximum absolute atomic E-state index is 13.7. The van der Waals surface area contributed by atoms with Gasteiger partial charge >= 0.3 is 6.18 Å². The SMILES string of the molecule is N#CCc1ccc(-c2ccccc2F)c(C(F)(F)F)c1. The second-order valence-electron chi connectivity index (χ2n) is 4.19. The Morgan fingerprint density at radius 1 is 1.00 bits per heavy atom.